The minimum Gasteiger partial charge on any atom is -0.350 e. The number of carbonyl (C=O) groups excluding carboxylic acids is 1. The van der Waals surface area contributed by atoms with E-state index in [9.17, 15) is 9.18 Å². The summed E-state index contributed by atoms with van der Waals surface area (Å²) in [6.45, 7) is 2.36. The van der Waals surface area contributed by atoms with Crippen LogP contribution in [0.2, 0.25) is 0 Å². The molecule has 0 fully saturated rings. The van der Waals surface area contributed by atoms with Crippen LogP contribution in [-0.2, 0) is 11.3 Å². The molecule has 0 bridgehead atoms. The Morgan fingerprint density at radius 1 is 1.29 bits per heavy atom. The monoisotopic (exact) mass is 413 g/mol. The largest absolute Gasteiger partial charge is 0.350 e. The first-order valence-electron chi connectivity index (χ1n) is 8.53. The highest BCUT2D eigenvalue weighted by Crippen LogP contribution is 2.29. The Morgan fingerprint density at radius 2 is 2.11 bits per heavy atom. The van der Waals surface area contributed by atoms with Gasteiger partial charge >= 0.3 is 0 Å². The quantitative estimate of drug-likeness (QED) is 0.384. The van der Waals surface area contributed by atoms with Gasteiger partial charge in [0.25, 0.3) is 0 Å². The predicted molar refractivity (Wildman–Crippen MR) is 108 cm³/mol. The Labute approximate surface area is 168 Å². The maximum Gasteiger partial charge on any atom is 0.233 e. The zero-order chi connectivity index (χ0) is 19.5. The molecule has 0 aliphatic heterocycles. The summed E-state index contributed by atoms with van der Waals surface area (Å²) in [5.74, 6) is -0.371. The molecule has 1 amide bonds. The molecule has 1 unspecified atom stereocenters. The van der Waals surface area contributed by atoms with E-state index in [0.717, 1.165) is 10.3 Å². The van der Waals surface area contributed by atoms with E-state index in [1.165, 1.54) is 30.2 Å². The van der Waals surface area contributed by atoms with E-state index < -0.39 is 0 Å². The van der Waals surface area contributed by atoms with Crippen molar-refractivity contribution in [2.24, 2.45) is 0 Å². The van der Waals surface area contributed by atoms with Crippen molar-refractivity contribution < 1.29 is 9.18 Å². The number of halogens is 1. The number of fused-ring (bicyclic) bond motifs is 1. The molecule has 0 aliphatic rings. The summed E-state index contributed by atoms with van der Waals surface area (Å²) in [6, 6.07) is 9.97. The summed E-state index contributed by atoms with van der Waals surface area (Å²) in [5.41, 5.74) is 1.31. The molecule has 6 nitrogen and oxygen atoms in total. The Balaban J connectivity index is 1.52. The van der Waals surface area contributed by atoms with Crippen LogP contribution in [0.1, 0.15) is 11.8 Å². The standard InChI is InChI=1S/C19H16FN5OS2/c1-12(18(26)21-9-15-3-2-8-27-15)28-19-16-10-24-25(17(16)22-11-23-19)14-6-4-13(20)5-7-14/h2-8,10-12H,9H2,1H3,(H,21,26). The molecule has 1 N–H and O–H groups in total. The highest BCUT2D eigenvalue weighted by molar-refractivity contribution is 8.00. The van der Waals surface area contributed by atoms with Crippen molar-refractivity contribution in [3.05, 3.63) is 65.0 Å². The van der Waals surface area contributed by atoms with Crippen LogP contribution in [0.3, 0.4) is 0 Å². The fourth-order valence-electron chi connectivity index (χ4n) is 2.64. The molecule has 9 heteroatoms. The van der Waals surface area contributed by atoms with Crippen molar-refractivity contribution in [2.75, 3.05) is 0 Å². The zero-order valence-corrected chi connectivity index (χ0v) is 16.5. The number of rotatable bonds is 6. The third-order valence-electron chi connectivity index (χ3n) is 4.08. The number of benzene rings is 1. The number of carbonyl (C=O) groups is 1. The SMILES string of the molecule is CC(Sc1ncnc2c1cnn2-c1ccc(F)cc1)C(=O)NCc1cccs1. The van der Waals surface area contributed by atoms with Gasteiger partial charge in [0.05, 0.1) is 29.1 Å². The lowest BCUT2D eigenvalue weighted by atomic mass is 10.3. The summed E-state index contributed by atoms with van der Waals surface area (Å²) in [4.78, 5) is 22.1. The summed E-state index contributed by atoms with van der Waals surface area (Å²) in [5, 5.41) is 10.4. The minimum atomic E-state index is -0.327. The van der Waals surface area contributed by atoms with Crippen molar-refractivity contribution in [3.63, 3.8) is 0 Å². The molecule has 0 radical (unpaired) electrons. The molecule has 0 spiro atoms. The number of aromatic nitrogens is 4. The maximum atomic E-state index is 13.2. The highest BCUT2D eigenvalue weighted by Gasteiger charge is 2.18. The smallest absolute Gasteiger partial charge is 0.233 e. The number of hydrogen-bond acceptors (Lipinski definition) is 6. The number of nitrogens with zero attached hydrogens (tertiary/aromatic N) is 4. The molecule has 1 aromatic carbocycles. The second-order valence-corrected chi connectivity index (χ2v) is 8.37. The van der Waals surface area contributed by atoms with Gasteiger partial charge in [0.15, 0.2) is 5.65 Å². The molecule has 3 heterocycles. The Hall–Kier alpha value is -2.78. The van der Waals surface area contributed by atoms with Gasteiger partial charge in [0, 0.05) is 4.88 Å². The van der Waals surface area contributed by atoms with E-state index >= 15 is 0 Å². The van der Waals surface area contributed by atoms with E-state index in [1.54, 1.807) is 34.3 Å². The average Bonchev–Trinajstić information content (AvgIpc) is 3.37. The lowest BCUT2D eigenvalue weighted by Gasteiger charge is -2.11. The molecule has 4 rings (SSSR count). The second kappa shape index (κ2) is 8.07. The normalized spacial score (nSPS) is 12.2. The van der Waals surface area contributed by atoms with Gasteiger partial charge in [-0.15, -0.1) is 11.3 Å². The number of hydrogen-bond donors (Lipinski definition) is 1. The van der Waals surface area contributed by atoms with Gasteiger partial charge in [0.1, 0.15) is 17.2 Å². The average molecular weight is 414 g/mol. The molecule has 1 atom stereocenters. The van der Waals surface area contributed by atoms with Crippen LogP contribution in [0.5, 0.6) is 0 Å². The highest BCUT2D eigenvalue weighted by atomic mass is 32.2. The summed E-state index contributed by atoms with van der Waals surface area (Å²) < 4.78 is 14.8. The Kier molecular flexibility index (Phi) is 5.36. The fraction of sp³-hybridized carbons (Fsp3) is 0.158. The van der Waals surface area contributed by atoms with E-state index in [0.29, 0.717) is 22.9 Å². The van der Waals surface area contributed by atoms with Crippen LogP contribution < -0.4 is 5.32 Å². The molecule has 0 saturated heterocycles. The molecular formula is C19H16FN5OS2. The third kappa shape index (κ3) is 3.90. The van der Waals surface area contributed by atoms with Crippen LogP contribution >= 0.6 is 23.1 Å². The summed E-state index contributed by atoms with van der Waals surface area (Å²) >= 11 is 2.96. The summed E-state index contributed by atoms with van der Waals surface area (Å²) in [6.07, 6.45) is 3.11. The number of thioether (sulfide) groups is 1. The van der Waals surface area contributed by atoms with Gasteiger partial charge in [-0.2, -0.15) is 5.10 Å². The van der Waals surface area contributed by atoms with Crippen LogP contribution in [0.4, 0.5) is 4.39 Å². The molecule has 3 aromatic heterocycles. The van der Waals surface area contributed by atoms with Crippen LogP contribution in [0.25, 0.3) is 16.7 Å². The summed E-state index contributed by atoms with van der Waals surface area (Å²) in [7, 11) is 0. The van der Waals surface area contributed by atoms with Gasteiger partial charge < -0.3 is 5.32 Å². The van der Waals surface area contributed by atoms with Gasteiger partial charge in [-0.1, -0.05) is 17.8 Å². The Bertz CT molecular complexity index is 1100. The number of thiophene rings is 1. The topological polar surface area (TPSA) is 72.7 Å². The maximum absolute atomic E-state index is 13.2. The molecule has 28 heavy (non-hydrogen) atoms. The molecule has 0 saturated carbocycles. The van der Waals surface area contributed by atoms with E-state index in [1.807, 2.05) is 24.4 Å². The lowest BCUT2D eigenvalue weighted by molar-refractivity contribution is -0.120. The van der Waals surface area contributed by atoms with Gasteiger partial charge in [0.2, 0.25) is 5.91 Å². The molecular weight excluding hydrogens is 397 g/mol. The van der Waals surface area contributed by atoms with Crippen molar-refractivity contribution in [2.45, 2.75) is 23.7 Å². The van der Waals surface area contributed by atoms with Gasteiger partial charge in [-0.25, -0.2) is 19.0 Å². The minimum absolute atomic E-state index is 0.0592. The first-order chi connectivity index (χ1) is 13.6. The van der Waals surface area contributed by atoms with Crippen molar-refractivity contribution in [1.29, 1.82) is 0 Å². The van der Waals surface area contributed by atoms with E-state index in [2.05, 4.69) is 20.4 Å². The van der Waals surface area contributed by atoms with E-state index in [-0.39, 0.29) is 17.0 Å². The fourth-order valence-corrected chi connectivity index (χ4v) is 4.19. The predicted octanol–water partition coefficient (Wildman–Crippen LogP) is 3.81. The van der Waals surface area contributed by atoms with Crippen molar-refractivity contribution in [3.8, 4) is 5.69 Å². The third-order valence-corrected chi connectivity index (χ3v) is 6.07. The van der Waals surface area contributed by atoms with Crippen LogP contribution in [-0.4, -0.2) is 30.9 Å². The lowest BCUT2D eigenvalue weighted by Crippen LogP contribution is -2.30. The number of nitrogens with one attached hydrogen (secondary N) is 1. The van der Waals surface area contributed by atoms with Crippen molar-refractivity contribution in [1.82, 2.24) is 25.1 Å². The van der Waals surface area contributed by atoms with Gasteiger partial charge in [-0.05, 0) is 42.6 Å². The molecule has 142 valence electrons. The van der Waals surface area contributed by atoms with E-state index in [4.69, 9.17) is 0 Å². The zero-order valence-electron chi connectivity index (χ0n) is 14.9. The Morgan fingerprint density at radius 3 is 2.86 bits per heavy atom. The van der Waals surface area contributed by atoms with Gasteiger partial charge in [-0.3, -0.25) is 4.79 Å². The molecule has 4 aromatic rings. The second-order valence-electron chi connectivity index (χ2n) is 6.01. The first kappa shape index (κ1) is 18.6. The van der Waals surface area contributed by atoms with Crippen molar-refractivity contribution >= 4 is 40.0 Å². The van der Waals surface area contributed by atoms with Crippen LogP contribution in [0, 0.1) is 5.82 Å². The first-order valence-corrected chi connectivity index (χ1v) is 10.3. The van der Waals surface area contributed by atoms with Crippen LogP contribution in [0.15, 0.2) is 59.3 Å². The molecule has 0 aliphatic carbocycles. The number of amides is 1.